The Bertz CT molecular complexity index is 297. The predicted octanol–water partition coefficient (Wildman–Crippen LogP) is 3.56. The molecule has 0 amide bonds. The normalized spacial score (nSPS) is 21.9. The van der Waals surface area contributed by atoms with E-state index in [2.05, 4.69) is 10.6 Å². The third-order valence-electron chi connectivity index (χ3n) is 3.94. The molecule has 2 saturated carbocycles. The van der Waals surface area contributed by atoms with E-state index >= 15 is 0 Å². The van der Waals surface area contributed by atoms with Gasteiger partial charge in [0.15, 0.2) is 12.1 Å². The van der Waals surface area contributed by atoms with Crippen LogP contribution in [0, 0.1) is 20.8 Å². The zero-order chi connectivity index (χ0) is 14.8. The van der Waals surface area contributed by atoms with Crippen molar-refractivity contribution in [3.63, 3.8) is 0 Å². The van der Waals surface area contributed by atoms with Gasteiger partial charge in [-0.1, -0.05) is 22.6 Å². The first-order chi connectivity index (χ1) is 9.69. The van der Waals surface area contributed by atoms with Gasteiger partial charge >= 0.3 is 17.1 Å². The second-order valence-corrected chi connectivity index (χ2v) is 5.35. The van der Waals surface area contributed by atoms with E-state index in [9.17, 15) is 20.8 Å². The summed E-state index contributed by atoms with van der Waals surface area (Å²) in [5, 5.41) is 45.4. The molecule has 0 bridgehead atoms. The SMILES string of the molecule is [Cu+2].[O-]/N=[N+](\[O-])C1CCCCC1.[O-]/N=[N+](\[O-])C1CCCCC1. The maximum absolute atomic E-state index is 10.6. The van der Waals surface area contributed by atoms with E-state index in [-0.39, 0.29) is 29.2 Å². The molecule has 2 aliphatic carbocycles. The van der Waals surface area contributed by atoms with Crippen molar-refractivity contribution in [2.75, 3.05) is 0 Å². The van der Waals surface area contributed by atoms with Crippen LogP contribution in [0.15, 0.2) is 10.6 Å². The molecule has 0 aromatic rings. The monoisotopic (exact) mass is 349 g/mol. The second kappa shape index (κ2) is 11.6. The largest absolute Gasteiger partial charge is 2.00 e. The average Bonchev–Trinajstić information content (AvgIpc) is 2.55. The fraction of sp³-hybridized carbons (Fsp3) is 1.00. The fourth-order valence-electron chi connectivity index (χ4n) is 2.74. The maximum Gasteiger partial charge on any atom is 2.00 e. The van der Waals surface area contributed by atoms with E-state index in [1.165, 1.54) is 12.8 Å². The van der Waals surface area contributed by atoms with Crippen molar-refractivity contribution in [1.29, 1.82) is 0 Å². The van der Waals surface area contributed by atoms with Crippen LogP contribution in [0.5, 0.6) is 0 Å². The van der Waals surface area contributed by atoms with E-state index < -0.39 is 0 Å². The summed E-state index contributed by atoms with van der Waals surface area (Å²) in [7, 11) is 0. The Morgan fingerprint density at radius 3 is 1.14 bits per heavy atom. The summed E-state index contributed by atoms with van der Waals surface area (Å²) >= 11 is 0. The summed E-state index contributed by atoms with van der Waals surface area (Å²) in [6, 6.07) is -0.266. The minimum atomic E-state index is -0.133. The first-order valence-electron chi connectivity index (χ1n) is 7.28. The molecule has 9 heteroatoms. The molecule has 0 heterocycles. The predicted molar refractivity (Wildman–Crippen MR) is 72.6 cm³/mol. The minimum absolute atomic E-state index is 0. The summed E-state index contributed by atoms with van der Waals surface area (Å²) in [6.07, 6.45) is 9.90. The van der Waals surface area contributed by atoms with Gasteiger partial charge < -0.3 is 20.8 Å². The van der Waals surface area contributed by atoms with Gasteiger partial charge in [0.1, 0.15) is 0 Å². The summed E-state index contributed by atoms with van der Waals surface area (Å²) in [6.45, 7) is 0. The van der Waals surface area contributed by atoms with E-state index in [4.69, 9.17) is 0 Å². The van der Waals surface area contributed by atoms with Crippen LogP contribution < -0.4 is 0 Å². The summed E-state index contributed by atoms with van der Waals surface area (Å²) < 4.78 is 0. The first kappa shape index (κ1) is 19.9. The Labute approximate surface area is 135 Å². The van der Waals surface area contributed by atoms with Gasteiger partial charge in [0.2, 0.25) is 0 Å². The van der Waals surface area contributed by atoms with Crippen molar-refractivity contribution in [1.82, 2.24) is 0 Å². The molecule has 0 aromatic carbocycles. The molecular formula is C12H22CuN4O4. The minimum Gasteiger partial charge on any atom is -0.739 e. The molecule has 125 valence electrons. The Kier molecular flexibility index (Phi) is 11.0. The Morgan fingerprint density at radius 1 is 0.619 bits per heavy atom. The zero-order valence-corrected chi connectivity index (χ0v) is 12.9. The molecule has 2 rings (SSSR count). The molecule has 0 atom stereocenters. The zero-order valence-electron chi connectivity index (χ0n) is 11.9. The van der Waals surface area contributed by atoms with E-state index in [1.807, 2.05) is 0 Å². The van der Waals surface area contributed by atoms with Crippen LogP contribution in [-0.4, -0.2) is 21.8 Å². The van der Waals surface area contributed by atoms with Gasteiger partial charge in [-0.3, -0.25) is 0 Å². The molecule has 2 aliphatic rings. The van der Waals surface area contributed by atoms with Crippen molar-refractivity contribution in [2.24, 2.45) is 10.6 Å². The molecule has 0 aromatic heterocycles. The van der Waals surface area contributed by atoms with Crippen LogP contribution in [0.3, 0.4) is 0 Å². The quantitative estimate of drug-likeness (QED) is 0.327. The molecule has 0 N–H and O–H groups in total. The Morgan fingerprint density at radius 2 is 0.905 bits per heavy atom. The van der Waals surface area contributed by atoms with Gasteiger partial charge in [0, 0.05) is 25.7 Å². The molecule has 0 spiro atoms. The van der Waals surface area contributed by atoms with Crippen LogP contribution >= 0.6 is 0 Å². The van der Waals surface area contributed by atoms with Gasteiger partial charge in [0.25, 0.3) is 0 Å². The van der Waals surface area contributed by atoms with Crippen molar-refractivity contribution >= 4 is 0 Å². The van der Waals surface area contributed by atoms with Gasteiger partial charge in [-0.05, 0) is 36.2 Å². The van der Waals surface area contributed by atoms with Crippen LogP contribution in [0.1, 0.15) is 64.2 Å². The van der Waals surface area contributed by atoms with Crippen LogP contribution in [0.25, 0.3) is 0 Å². The van der Waals surface area contributed by atoms with E-state index in [0.29, 0.717) is 9.72 Å². The average molecular weight is 350 g/mol. The molecule has 0 aliphatic heterocycles. The summed E-state index contributed by atoms with van der Waals surface area (Å²) in [5.74, 6) is 0. The number of hydroxylamine groups is 2. The molecule has 1 radical (unpaired) electrons. The van der Waals surface area contributed by atoms with Gasteiger partial charge in [-0.2, -0.15) is 0 Å². The standard InChI is InChI=1S/2C6H12N2O2.Cu/c2*9-7-8(10)6-4-2-1-3-5-6;/h2*6,9H,1-5H2;/q;;+2/p-2/b2*8-7-;. The smallest absolute Gasteiger partial charge is 0.739 e. The first-order valence-corrected chi connectivity index (χ1v) is 7.28. The second-order valence-electron chi connectivity index (χ2n) is 5.35. The summed E-state index contributed by atoms with van der Waals surface area (Å²) in [5.41, 5.74) is 0. The summed E-state index contributed by atoms with van der Waals surface area (Å²) in [4.78, 5) is 0.609. The van der Waals surface area contributed by atoms with Crippen molar-refractivity contribution in [3.05, 3.63) is 20.8 Å². The van der Waals surface area contributed by atoms with Crippen molar-refractivity contribution in [3.8, 4) is 0 Å². The van der Waals surface area contributed by atoms with Crippen LogP contribution in [0.2, 0.25) is 0 Å². The van der Waals surface area contributed by atoms with Gasteiger partial charge in [-0.25, -0.2) is 0 Å². The fourth-order valence-corrected chi connectivity index (χ4v) is 2.74. The molecule has 8 nitrogen and oxygen atoms in total. The van der Waals surface area contributed by atoms with E-state index in [0.717, 1.165) is 51.4 Å². The molecule has 2 fully saturated rings. The number of nitrogens with zero attached hydrogens (tertiary/aromatic N) is 4. The molecule has 0 unspecified atom stereocenters. The third kappa shape index (κ3) is 7.47. The van der Waals surface area contributed by atoms with Crippen LogP contribution in [0.4, 0.5) is 0 Å². The molecular weight excluding hydrogens is 328 g/mol. The molecule has 21 heavy (non-hydrogen) atoms. The van der Waals surface area contributed by atoms with Gasteiger partial charge in [-0.15, -0.1) is 0 Å². The van der Waals surface area contributed by atoms with Crippen molar-refractivity contribution in [2.45, 2.75) is 76.3 Å². The Hall–Kier alpha value is -1.08. The number of rotatable bonds is 2. The number of hydrogen-bond acceptors (Lipinski definition) is 6. The third-order valence-corrected chi connectivity index (χ3v) is 3.94. The van der Waals surface area contributed by atoms with E-state index in [1.54, 1.807) is 0 Å². The van der Waals surface area contributed by atoms with Gasteiger partial charge in [0.05, 0.1) is 0 Å². The molecule has 0 saturated heterocycles. The topological polar surface area (TPSA) is 123 Å². The van der Waals surface area contributed by atoms with Crippen LogP contribution in [-0.2, 0) is 17.1 Å². The van der Waals surface area contributed by atoms with Crippen molar-refractivity contribution < 1.29 is 26.8 Å². The Balaban J connectivity index is 0.000000364. The maximum atomic E-state index is 10.6. The number of hydrogen-bond donors (Lipinski definition) is 0.